The first-order valence-electron chi connectivity index (χ1n) is 6.62. The highest BCUT2D eigenvalue weighted by Gasteiger charge is 2.25. The molecule has 1 aromatic heterocycles. The third-order valence-electron chi connectivity index (χ3n) is 3.83. The third kappa shape index (κ3) is 2.34. The van der Waals surface area contributed by atoms with E-state index >= 15 is 0 Å². The summed E-state index contributed by atoms with van der Waals surface area (Å²) in [6.07, 6.45) is 2.82. The summed E-state index contributed by atoms with van der Waals surface area (Å²) in [5.41, 5.74) is -1.22. The van der Waals surface area contributed by atoms with Gasteiger partial charge < -0.3 is 10.4 Å². The molecule has 1 fully saturated rings. The number of nitriles is 1. The van der Waals surface area contributed by atoms with Crippen molar-refractivity contribution in [2.75, 3.05) is 5.32 Å². The number of aromatic nitrogens is 2. The number of rotatable bonds is 2. The standard InChI is InChI=1S/C13H18N4O3/c1-16-11(15-9-5-3-4-6-10(9)18)8(7-14)12(19)17(2)13(16)20/h9-10,15,18H,3-6H2,1-2H3. The molecule has 0 amide bonds. The molecule has 108 valence electrons. The van der Waals surface area contributed by atoms with Crippen molar-refractivity contribution in [3.05, 3.63) is 26.4 Å². The second-order valence-electron chi connectivity index (χ2n) is 5.14. The summed E-state index contributed by atoms with van der Waals surface area (Å²) in [4.78, 5) is 23.9. The molecule has 7 nitrogen and oxygen atoms in total. The molecule has 2 rings (SSSR count). The molecule has 1 aliphatic carbocycles. The van der Waals surface area contributed by atoms with Crippen LogP contribution >= 0.6 is 0 Å². The first-order chi connectivity index (χ1) is 9.47. The van der Waals surface area contributed by atoms with E-state index in [1.165, 1.54) is 18.7 Å². The van der Waals surface area contributed by atoms with Crippen LogP contribution in [0.2, 0.25) is 0 Å². The molecule has 7 heteroatoms. The summed E-state index contributed by atoms with van der Waals surface area (Å²) in [6, 6.07) is 1.60. The van der Waals surface area contributed by atoms with Gasteiger partial charge in [0.2, 0.25) is 0 Å². The van der Waals surface area contributed by atoms with Gasteiger partial charge in [-0.25, -0.2) is 4.79 Å². The Balaban J connectivity index is 2.49. The van der Waals surface area contributed by atoms with Crippen LogP contribution in [-0.2, 0) is 14.1 Å². The van der Waals surface area contributed by atoms with Gasteiger partial charge in [-0.2, -0.15) is 5.26 Å². The highest BCUT2D eigenvalue weighted by atomic mass is 16.3. The number of hydrogen-bond donors (Lipinski definition) is 2. The van der Waals surface area contributed by atoms with E-state index in [1.54, 1.807) is 0 Å². The molecular formula is C13H18N4O3. The Bertz CT molecular complexity index is 668. The molecular weight excluding hydrogens is 260 g/mol. The van der Waals surface area contributed by atoms with Crippen molar-refractivity contribution < 1.29 is 5.11 Å². The monoisotopic (exact) mass is 278 g/mol. The number of nitrogens with one attached hydrogen (secondary N) is 1. The number of nitrogens with zero attached hydrogens (tertiary/aromatic N) is 3. The first kappa shape index (κ1) is 14.3. The predicted molar refractivity (Wildman–Crippen MR) is 73.5 cm³/mol. The van der Waals surface area contributed by atoms with Gasteiger partial charge in [0, 0.05) is 14.1 Å². The van der Waals surface area contributed by atoms with Gasteiger partial charge in [0.15, 0.2) is 5.56 Å². The van der Waals surface area contributed by atoms with E-state index < -0.39 is 17.4 Å². The molecule has 1 heterocycles. The van der Waals surface area contributed by atoms with Gasteiger partial charge in [0.1, 0.15) is 11.9 Å². The summed E-state index contributed by atoms with van der Waals surface area (Å²) in [5, 5.41) is 22.1. The molecule has 2 atom stereocenters. The van der Waals surface area contributed by atoms with E-state index in [4.69, 9.17) is 5.26 Å². The normalized spacial score (nSPS) is 22.3. The van der Waals surface area contributed by atoms with Gasteiger partial charge in [-0.05, 0) is 12.8 Å². The van der Waals surface area contributed by atoms with E-state index in [1.807, 2.05) is 6.07 Å². The van der Waals surface area contributed by atoms with Crippen LogP contribution in [0.3, 0.4) is 0 Å². The maximum Gasteiger partial charge on any atom is 0.332 e. The summed E-state index contributed by atoms with van der Waals surface area (Å²) >= 11 is 0. The molecule has 0 saturated heterocycles. The predicted octanol–water partition coefficient (Wildman–Crippen LogP) is -0.329. The Morgan fingerprint density at radius 1 is 1.25 bits per heavy atom. The minimum absolute atomic E-state index is 0.104. The van der Waals surface area contributed by atoms with E-state index in [-0.39, 0.29) is 17.4 Å². The van der Waals surface area contributed by atoms with E-state index in [0.29, 0.717) is 6.42 Å². The molecule has 1 saturated carbocycles. The number of anilines is 1. The molecule has 2 N–H and O–H groups in total. The minimum Gasteiger partial charge on any atom is -0.391 e. The fourth-order valence-corrected chi connectivity index (χ4v) is 2.57. The lowest BCUT2D eigenvalue weighted by Crippen LogP contribution is -2.43. The van der Waals surface area contributed by atoms with Gasteiger partial charge in [-0.15, -0.1) is 0 Å². The topological polar surface area (TPSA) is 100 Å². The van der Waals surface area contributed by atoms with Crippen LogP contribution in [0.1, 0.15) is 31.2 Å². The zero-order chi connectivity index (χ0) is 14.9. The summed E-state index contributed by atoms with van der Waals surface area (Å²) in [5.74, 6) is 0.187. The van der Waals surface area contributed by atoms with Crippen LogP contribution in [0.5, 0.6) is 0 Å². The fraction of sp³-hybridized carbons (Fsp3) is 0.615. The maximum atomic E-state index is 11.9. The van der Waals surface area contributed by atoms with Gasteiger partial charge in [0.05, 0.1) is 12.1 Å². The van der Waals surface area contributed by atoms with E-state index in [9.17, 15) is 14.7 Å². The largest absolute Gasteiger partial charge is 0.391 e. The quantitative estimate of drug-likeness (QED) is 0.771. The summed E-state index contributed by atoms with van der Waals surface area (Å²) in [6.45, 7) is 0. The molecule has 2 unspecified atom stereocenters. The Hall–Kier alpha value is -2.07. The second-order valence-corrected chi connectivity index (χ2v) is 5.14. The van der Waals surface area contributed by atoms with Crippen LogP contribution < -0.4 is 16.6 Å². The van der Waals surface area contributed by atoms with Crippen molar-refractivity contribution in [2.45, 2.75) is 37.8 Å². The lowest BCUT2D eigenvalue weighted by Gasteiger charge is -2.30. The van der Waals surface area contributed by atoms with Gasteiger partial charge in [-0.1, -0.05) is 12.8 Å². The second kappa shape index (κ2) is 5.51. The SMILES string of the molecule is Cn1c(NC2CCCCC2O)c(C#N)c(=O)n(C)c1=O. The van der Waals surface area contributed by atoms with Crippen LogP contribution in [0.25, 0.3) is 0 Å². The average molecular weight is 278 g/mol. The number of aliphatic hydroxyl groups is 1. The van der Waals surface area contributed by atoms with Crippen molar-refractivity contribution in [3.63, 3.8) is 0 Å². The van der Waals surface area contributed by atoms with Crippen molar-refractivity contribution in [1.29, 1.82) is 5.26 Å². The van der Waals surface area contributed by atoms with E-state index in [2.05, 4.69) is 5.32 Å². The molecule has 1 aliphatic rings. The molecule has 0 spiro atoms. The zero-order valence-electron chi connectivity index (χ0n) is 11.6. The molecule has 0 aliphatic heterocycles. The lowest BCUT2D eigenvalue weighted by atomic mass is 9.92. The minimum atomic E-state index is -0.622. The average Bonchev–Trinajstić information content (AvgIpc) is 2.45. The van der Waals surface area contributed by atoms with Crippen LogP contribution in [0, 0.1) is 11.3 Å². The fourth-order valence-electron chi connectivity index (χ4n) is 2.57. The van der Waals surface area contributed by atoms with Crippen molar-refractivity contribution >= 4 is 5.82 Å². The highest BCUT2D eigenvalue weighted by molar-refractivity contribution is 5.52. The molecule has 20 heavy (non-hydrogen) atoms. The Morgan fingerprint density at radius 2 is 1.90 bits per heavy atom. The van der Waals surface area contributed by atoms with E-state index in [0.717, 1.165) is 23.8 Å². The molecule has 1 aromatic rings. The first-order valence-corrected chi connectivity index (χ1v) is 6.62. The van der Waals surface area contributed by atoms with Gasteiger partial charge in [-0.3, -0.25) is 13.9 Å². The zero-order valence-corrected chi connectivity index (χ0v) is 11.6. The molecule has 0 aromatic carbocycles. The number of aliphatic hydroxyl groups excluding tert-OH is 1. The molecule has 0 bridgehead atoms. The Morgan fingerprint density at radius 3 is 2.50 bits per heavy atom. The van der Waals surface area contributed by atoms with Gasteiger partial charge >= 0.3 is 5.69 Å². The third-order valence-corrected chi connectivity index (χ3v) is 3.83. The van der Waals surface area contributed by atoms with Crippen molar-refractivity contribution in [3.8, 4) is 6.07 Å². The number of hydrogen-bond acceptors (Lipinski definition) is 5. The maximum absolute atomic E-state index is 11.9. The summed E-state index contributed by atoms with van der Waals surface area (Å²) < 4.78 is 2.14. The van der Waals surface area contributed by atoms with Crippen LogP contribution in [-0.4, -0.2) is 26.4 Å². The van der Waals surface area contributed by atoms with Crippen molar-refractivity contribution in [2.24, 2.45) is 14.1 Å². The van der Waals surface area contributed by atoms with Crippen LogP contribution in [0.4, 0.5) is 5.82 Å². The van der Waals surface area contributed by atoms with Crippen LogP contribution in [0.15, 0.2) is 9.59 Å². The molecule has 0 radical (unpaired) electrons. The Kier molecular flexibility index (Phi) is 3.95. The summed E-state index contributed by atoms with van der Waals surface area (Å²) in [7, 11) is 2.84. The van der Waals surface area contributed by atoms with Gasteiger partial charge in [0.25, 0.3) is 5.56 Å². The highest BCUT2D eigenvalue weighted by Crippen LogP contribution is 2.22. The van der Waals surface area contributed by atoms with Crippen molar-refractivity contribution in [1.82, 2.24) is 9.13 Å². The lowest BCUT2D eigenvalue weighted by molar-refractivity contribution is 0.116. The smallest absolute Gasteiger partial charge is 0.332 e. The Labute approximate surface area is 116 Å².